The maximum absolute atomic E-state index is 12.3. The molecule has 0 unspecified atom stereocenters. The second kappa shape index (κ2) is 6.60. The Balaban J connectivity index is 2.06. The molecule has 1 aliphatic carbocycles. The summed E-state index contributed by atoms with van der Waals surface area (Å²) in [6, 6.07) is 1.87. The number of nitrogens with one attached hydrogen (secondary N) is 1. The van der Waals surface area contributed by atoms with Crippen molar-refractivity contribution in [1.82, 2.24) is 5.32 Å². The van der Waals surface area contributed by atoms with Crippen LogP contribution in [0.3, 0.4) is 0 Å². The van der Waals surface area contributed by atoms with Crippen LogP contribution in [0.15, 0.2) is 6.07 Å². The zero-order valence-electron chi connectivity index (χ0n) is 12.7. The Labute approximate surface area is 129 Å². The van der Waals surface area contributed by atoms with Crippen molar-refractivity contribution in [3.8, 4) is 0 Å². The van der Waals surface area contributed by atoms with E-state index in [-0.39, 0.29) is 12.5 Å². The van der Waals surface area contributed by atoms with Gasteiger partial charge in [0.15, 0.2) is 0 Å². The van der Waals surface area contributed by atoms with Gasteiger partial charge in [-0.3, -0.25) is 9.59 Å². The molecule has 1 amide bonds. The first-order valence-corrected chi connectivity index (χ1v) is 8.35. The summed E-state index contributed by atoms with van der Waals surface area (Å²) in [6.45, 7) is 4.12. The van der Waals surface area contributed by atoms with Crippen LogP contribution in [0.4, 0.5) is 0 Å². The molecule has 1 heterocycles. The van der Waals surface area contributed by atoms with Gasteiger partial charge in [-0.2, -0.15) is 0 Å². The number of aryl methyl sites for hydroxylation is 2. The zero-order chi connectivity index (χ0) is 15.5. The van der Waals surface area contributed by atoms with Gasteiger partial charge >= 0.3 is 5.97 Å². The first-order valence-electron chi connectivity index (χ1n) is 7.53. The Kier molecular flexibility index (Phi) is 5.04. The highest BCUT2D eigenvalue weighted by Gasteiger charge is 2.39. The predicted molar refractivity (Wildman–Crippen MR) is 83.9 cm³/mol. The maximum Gasteiger partial charge on any atom is 0.311 e. The molecular weight excluding hydrogens is 286 g/mol. The maximum atomic E-state index is 12.3. The van der Waals surface area contributed by atoms with Crippen LogP contribution in [0.2, 0.25) is 0 Å². The van der Waals surface area contributed by atoms with E-state index in [4.69, 9.17) is 0 Å². The van der Waals surface area contributed by atoms with E-state index >= 15 is 0 Å². The molecule has 1 fully saturated rings. The Morgan fingerprint density at radius 1 is 1.24 bits per heavy atom. The minimum Gasteiger partial charge on any atom is -0.481 e. The summed E-state index contributed by atoms with van der Waals surface area (Å²) in [5, 5.41) is 12.5. The van der Waals surface area contributed by atoms with Gasteiger partial charge in [0.2, 0.25) is 0 Å². The van der Waals surface area contributed by atoms with E-state index in [1.807, 2.05) is 19.9 Å². The van der Waals surface area contributed by atoms with Crippen molar-refractivity contribution in [3.63, 3.8) is 0 Å². The summed E-state index contributed by atoms with van der Waals surface area (Å²) in [5.74, 6) is -0.926. The highest BCUT2D eigenvalue weighted by molar-refractivity contribution is 7.12. The van der Waals surface area contributed by atoms with Gasteiger partial charge in [0.1, 0.15) is 0 Å². The topological polar surface area (TPSA) is 66.4 Å². The van der Waals surface area contributed by atoms with E-state index in [9.17, 15) is 14.7 Å². The highest BCUT2D eigenvalue weighted by Crippen LogP contribution is 2.35. The van der Waals surface area contributed by atoms with E-state index in [0.717, 1.165) is 35.4 Å². The van der Waals surface area contributed by atoms with Gasteiger partial charge < -0.3 is 10.4 Å². The van der Waals surface area contributed by atoms with E-state index in [0.29, 0.717) is 18.4 Å². The van der Waals surface area contributed by atoms with Gasteiger partial charge in [0.05, 0.1) is 11.0 Å². The number of thiophene rings is 1. The number of carboxylic acids is 1. The average Bonchev–Trinajstić information content (AvgIpc) is 2.65. The van der Waals surface area contributed by atoms with Crippen molar-refractivity contribution in [2.75, 3.05) is 6.54 Å². The number of carbonyl (C=O) groups excluding carboxylic acids is 1. The summed E-state index contributed by atoms with van der Waals surface area (Å²) in [6.07, 6.45) is 5.35. The smallest absolute Gasteiger partial charge is 0.311 e. The lowest BCUT2D eigenvalue weighted by atomic mass is 9.80. The van der Waals surface area contributed by atoms with Crippen molar-refractivity contribution in [2.45, 2.75) is 52.4 Å². The molecule has 0 bridgehead atoms. The number of aliphatic carboxylic acids is 1. The van der Waals surface area contributed by atoms with Crippen LogP contribution in [-0.2, 0) is 4.79 Å². The van der Waals surface area contributed by atoms with Crippen molar-refractivity contribution in [2.24, 2.45) is 5.41 Å². The number of amides is 1. The third kappa shape index (κ3) is 3.64. The van der Waals surface area contributed by atoms with Gasteiger partial charge in [-0.1, -0.05) is 25.7 Å². The highest BCUT2D eigenvalue weighted by atomic mass is 32.1. The number of carbonyl (C=O) groups is 2. The third-order valence-electron chi connectivity index (χ3n) is 4.39. The Bertz CT molecular complexity index is 528. The minimum absolute atomic E-state index is 0.151. The SMILES string of the molecule is Cc1cc(C(=O)NCC2(C(=O)O)CCCCCC2)c(C)s1. The number of carboxylic acid groups (broad SMARTS) is 1. The largest absolute Gasteiger partial charge is 0.481 e. The molecule has 1 aromatic rings. The van der Waals surface area contributed by atoms with E-state index in [2.05, 4.69) is 5.32 Å². The van der Waals surface area contributed by atoms with Crippen molar-refractivity contribution in [1.29, 1.82) is 0 Å². The summed E-state index contributed by atoms with van der Waals surface area (Å²) >= 11 is 1.59. The fourth-order valence-electron chi connectivity index (χ4n) is 3.07. The standard InChI is InChI=1S/C16H23NO3S/c1-11-9-13(12(2)21-11)14(18)17-10-16(15(19)20)7-5-3-4-6-8-16/h9H,3-8,10H2,1-2H3,(H,17,18)(H,19,20). The number of hydrogen-bond acceptors (Lipinski definition) is 3. The normalized spacial score (nSPS) is 18.0. The number of hydrogen-bond donors (Lipinski definition) is 2. The molecule has 2 rings (SSSR count). The summed E-state index contributed by atoms with van der Waals surface area (Å²) in [5.41, 5.74) is -0.114. The summed E-state index contributed by atoms with van der Waals surface area (Å²) in [4.78, 5) is 26.1. The fourth-order valence-corrected chi connectivity index (χ4v) is 3.99. The monoisotopic (exact) mass is 309 g/mol. The minimum atomic E-state index is -0.787. The van der Waals surface area contributed by atoms with E-state index in [1.165, 1.54) is 0 Å². The Morgan fingerprint density at radius 3 is 2.33 bits per heavy atom. The molecule has 4 nitrogen and oxygen atoms in total. The van der Waals surface area contributed by atoms with E-state index in [1.54, 1.807) is 11.3 Å². The van der Waals surface area contributed by atoms with Crippen LogP contribution >= 0.6 is 11.3 Å². The summed E-state index contributed by atoms with van der Waals surface area (Å²) < 4.78 is 0. The lowest BCUT2D eigenvalue weighted by molar-refractivity contribution is -0.149. The molecule has 5 heteroatoms. The van der Waals surface area contributed by atoms with Crippen molar-refractivity contribution < 1.29 is 14.7 Å². The molecule has 0 saturated heterocycles. The zero-order valence-corrected chi connectivity index (χ0v) is 13.5. The van der Waals surface area contributed by atoms with Crippen LogP contribution in [0.1, 0.15) is 58.6 Å². The lowest BCUT2D eigenvalue weighted by Crippen LogP contribution is -2.43. The lowest BCUT2D eigenvalue weighted by Gasteiger charge is -2.28. The number of rotatable bonds is 4. The van der Waals surface area contributed by atoms with Crippen molar-refractivity contribution in [3.05, 3.63) is 21.4 Å². The molecule has 21 heavy (non-hydrogen) atoms. The van der Waals surface area contributed by atoms with Gasteiger partial charge in [0.25, 0.3) is 5.91 Å². The van der Waals surface area contributed by atoms with Crippen LogP contribution in [-0.4, -0.2) is 23.5 Å². The Morgan fingerprint density at radius 2 is 1.86 bits per heavy atom. The van der Waals surface area contributed by atoms with E-state index < -0.39 is 11.4 Å². The molecule has 2 N–H and O–H groups in total. The average molecular weight is 309 g/mol. The molecule has 0 radical (unpaired) electrons. The second-order valence-electron chi connectivity index (χ2n) is 6.01. The molecular formula is C16H23NO3S. The van der Waals surface area contributed by atoms with Gasteiger partial charge in [-0.15, -0.1) is 11.3 Å². The van der Waals surface area contributed by atoms with Gasteiger partial charge in [-0.25, -0.2) is 0 Å². The third-order valence-corrected chi connectivity index (χ3v) is 5.35. The fraction of sp³-hybridized carbons (Fsp3) is 0.625. The molecule has 116 valence electrons. The molecule has 1 aliphatic rings. The van der Waals surface area contributed by atoms with Crippen LogP contribution in [0.25, 0.3) is 0 Å². The quantitative estimate of drug-likeness (QED) is 0.836. The Hall–Kier alpha value is -1.36. The molecule has 0 spiro atoms. The van der Waals surface area contributed by atoms with Crippen LogP contribution in [0, 0.1) is 19.3 Å². The van der Waals surface area contributed by atoms with Crippen molar-refractivity contribution >= 4 is 23.2 Å². The summed E-state index contributed by atoms with van der Waals surface area (Å²) in [7, 11) is 0. The second-order valence-corrected chi connectivity index (χ2v) is 7.47. The van der Waals surface area contributed by atoms with Crippen LogP contribution < -0.4 is 5.32 Å². The molecule has 1 aromatic heterocycles. The molecule has 0 atom stereocenters. The molecule has 1 saturated carbocycles. The molecule has 0 aromatic carbocycles. The first kappa shape index (κ1) is 16.0. The first-order chi connectivity index (χ1) is 9.94. The van der Waals surface area contributed by atoms with Crippen LogP contribution in [0.5, 0.6) is 0 Å². The van der Waals surface area contributed by atoms with Gasteiger partial charge in [0, 0.05) is 16.3 Å². The molecule has 0 aliphatic heterocycles. The predicted octanol–water partition coefficient (Wildman–Crippen LogP) is 3.52. The van der Waals surface area contributed by atoms with Gasteiger partial charge in [-0.05, 0) is 32.8 Å².